The fourth-order valence-corrected chi connectivity index (χ4v) is 5.06. The van der Waals surface area contributed by atoms with Crippen molar-refractivity contribution in [2.75, 3.05) is 24.7 Å². The van der Waals surface area contributed by atoms with Crippen LogP contribution >= 0.6 is 11.8 Å². The van der Waals surface area contributed by atoms with Crippen LogP contribution in [-0.2, 0) is 33.4 Å². The maximum absolute atomic E-state index is 13.4. The normalized spacial score (nSPS) is 16.6. The van der Waals surface area contributed by atoms with Gasteiger partial charge in [0, 0.05) is 10.4 Å². The molecule has 0 spiro atoms. The first-order chi connectivity index (χ1) is 17.0. The number of amidine groups is 1. The number of aryl methyl sites for hydroxylation is 1. The van der Waals surface area contributed by atoms with Crippen LogP contribution in [0.2, 0.25) is 0 Å². The van der Waals surface area contributed by atoms with Crippen LogP contribution in [0.1, 0.15) is 47.1 Å². The molecule has 36 heavy (non-hydrogen) atoms. The molecule has 0 saturated carbocycles. The number of hydrogen-bond donors (Lipinski definition) is 0. The van der Waals surface area contributed by atoms with Gasteiger partial charge < -0.3 is 19.1 Å². The first-order valence-electron chi connectivity index (χ1n) is 11.7. The molecule has 0 bridgehead atoms. The van der Waals surface area contributed by atoms with Crippen molar-refractivity contribution in [3.8, 4) is 0 Å². The maximum atomic E-state index is 13.4. The van der Waals surface area contributed by atoms with E-state index in [1.165, 1.54) is 11.8 Å². The average molecular weight is 518 g/mol. The van der Waals surface area contributed by atoms with Crippen molar-refractivity contribution >= 4 is 46.4 Å². The molecule has 1 aromatic rings. The van der Waals surface area contributed by atoms with E-state index in [1.54, 1.807) is 46.4 Å². The minimum atomic E-state index is -1.29. The van der Waals surface area contributed by atoms with E-state index in [2.05, 4.69) is 4.99 Å². The molecule has 0 saturated heterocycles. The molecule has 0 N–H and O–H groups in total. The largest absolute Gasteiger partial charge is 0.464 e. The lowest BCUT2D eigenvalue weighted by Crippen LogP contribution is -2.55. The zero-order valence-electron chi connectivity index (χ0n) is 21.5. The van der Waals surface area contributed by atoms with E-state index in [0.29, 0.717) is 10.9 Å². The number of carbonyl (C=O) groups is 4. The molecular formula is C25H31N3O7S. The van der Waals surface area contributed by atoms with Crippen LogP contribution in [0.5, 0.6) is 0 Å². The van der Waals surface area contributed by atoms with Gasteiger partial charge in [-0.05, 0) is 77.9 Å². The number of esters is 3. The van der Waals surface area contributed by atoms with Gasteiger partial charge in [0.25, 0.3) is 0 Å². The number of hydrogen-bond acceptors (Lipinski definition) is 10. The Morgan fingerprint density at radius 3 is 2.25 bits per heavy atom. The first-order valence-corrected chi connectivity index (χ1v) is 12.5. The summed E-state index contributed by atoms with van der Waals surface area (Å²) in [7, 11) is 0. The quantitative estimate of drug-likeness (QED) is 0.319. The number of amides is 1. The second kappa shape index (κ2) is 10.7. The van der Waals surface area contributed by atoms with Crippen molar-refractivity contribution < 1.29 is 33.4 Å². The minimum Gasteiger partial charge on any atom is -0.464 e. The first kappa shape index (κ1) is 27.3. The highest BCUT2D eigenvalue weighted by Gasteiger charge is 2.50. The summed E-state index contributed by atoms with van der Waals surface area (Å²) in [6.45, 7) is 12.0. The Morgan fingerprint density at radius 1 is 1.03 bits per heavy atom. The Kier molecular flexibility index (Phi) is 8.12. The van der Waals surface area contributed by atoms with Crippen molar-refractivity contribution in [1.29, 1.82) is 0 Å². The lowest BCUT2D eigenvalue weighted by molar-refractivity contribution is -0.161. The van der Waals surface area contributed by atoms with Gasteiger partial charge in [0.05, 0.1) is 25.5 Å². The lowest BCUT2D eigenvalue weighted by atomic mass is 9.99. The van der Waals surface area contributed by atoms with Gasteiger partial charge in [0.15, 0.2) is 17.0 Å². The van der Waals surface area contributed by atoms with Crippen LogP contribution in [0.4, 0.5) is 5.69 Å². The highest BCUT2D eigenvalue weighted by atomic mass is 32.2. The highest BCUT2D eigenvalue weighted by molar-refractivity contribution is 8.14. The van der Waals surface area contributed by atoms with Crippen molar-refractivity contribution in [3.05, 3.63) is 35.2 Å². The van der Waals surface area contributed by atoms with E-state index >= 15 is 0 Å². The molecule has 1 amide bonds. The van der Waals surface area contributed by atoms with Crippen LogP contribution in [0.15, 0.2) is 39.5 Å². The number of thioether (sulfide) groups is 1. The van der Waals surface area contributed by atoms with Gasteiger partial charge in [0.2, 0.25) is 0 Å². The number of benzene rings is 1. The Morgan fingerprint density at radius 2 is 1.67 bits per heavy atom. The summed E-state index contributed by atoms with van der Waals surface area (Å²) in [6, 6.07) is 4.38. The van der Waals surface area contributed by atoms with Crippen molar-refractivity contribution in [2.45, 2.75) is 64.9 Å². The number of aliphatic imine (C=N–C) groups is 1. The number of fused-ring (bicyclic) bond motifs is 3. The van der Waals surface area contributed by atoms with Crippen molar-refractivity contribution in [1.82, 2.24) is 4.90 Å². The van der Waals surface area contributed by atoms with Crippen LogP contribution in [0, 0.1) is 6.92 Å². The van der Waals surface area contributed by atoms with Gasteiger partial charge in [-0.25, -0.2) is 19.4 Å². The van der Waals surface area contributed by atoms with E-state index in [4.69, 9.17) is 14.2 Å². The minimum absolute atomic E-state index is 0.00933. The topological polar surface area (TPSA) is 115 Å². The molecule has 0 aliphatic carbocycles. The summed E-state index contributed by atoms with van der Waals surface area (Å²) in [5.41, 5.74) is 0.458. The van der Waals surface area contributed by atoms with E-state index in [1.807, 2.05) is 25.1 Å². The van der Waals surface area contributed by atoms with Crippen molar-refractivity contribution in [3.63, 3.8) is 0 Å². The van der Waals surface area contributed by atoms with Crippen LogP contribution in [0.25, 0.3) is 0 Å². The predicted octanol–water partition coefficient (Wildman–Crippen LogP) is 3.17. The van der Waals surface area contributed by atoms with Crippen LogP contribution < -0.4 is 4.90 Å². The van der Waals surface area contributed by atoms with E-state index in [-0.39, 0.29) is 31.2 Å². The number of ether oxygens (including phenoxy) is 3. The molecule has 10 nitrogen and oxygen atoms in total. The summed E-state index contributed by atoms with van der Waals surface area (Å²) >= 11 is 1.29. The van der Waals surface area contributed by atoms with E-state index < -0.39 is 35.4 Å². The van der Waals surface area contributed by atoms with Gasteiger partial charge in [-0.15, -0.1) is 0 Å². The van der Waals surface area contributed by atoms with Gasteiger partial charge in [-0.2, -0.15) is 0 Å². The molecule has 0 fully saturated rings. The zero-order valence-corrected chi connectivity index (χ0v) is 22.4. The number of carbonyl (C=O) groups excluding carboxylic acids is 4. The predicted molar refractivity (Wildman–Crippen MR) is 134 cm³/mol. The van der Waals surface area contributed by atoms with E-state index in [9.17, 15) is 19.2 Å². The summed E-state index contributed by atoms with van der Waals surface area (Å²) in [5, 5.41) is 0.364. The Labute approximate surface area is 214 Å². The number of rotatable bonds is 6. The Hall–Kier alpha value is -3.34. The monoisotopic (exact) mass is 517 g/mol. The molecule has 194 valence electrons. The molecule has 0 radical (unpaired) electrons. The van der Waals surface area contributed by atoms with Crippen LogP contribution in [-0.4, -0.2) is 65.3 Å². The molecule has 1 aromatic carbocycles. The van der Waals surface area contributed by atoms with Crippen LogP contribution in [0.3, 0.4) is 0 Å². The lowest BCUT2D eigenvalue weighted by Gasteiger charge is -2.40. The second-order valence-corrected chi connectivity index (χ2v) is 9.99. The number of anilines is 1. The summed E-state index contributed by atoms with van der Waals surface area (Å²) in [4.78, 5) is 60.8. The van der Waals surface area contributed by atoms with Gasteiger partial charge in [0.1, 0.15) is 5.57 Å². The standard InChI is InChI=1S/C25H31N3O7S/c1-8-33-21(30)17-18(22(31)34-9-2)27-15-12-11-14(4)13-16(15)36-24(27)26-19(17)28(25(5,6)7)20(29)23(32)35-10-3/h11-13,18H,8-10H2,1-7H3. The SMILES string of the molecule is CCOC(=O)C(=O)N(C1=C(C(=O)OCC)C(C(=O)OCC)N2C(=N1)Sc1cc(C)ccc12)C(C)(C)C. The fourth-order valence-electron chi connectivity index (χ4n) is 3.91. The smallest absolute Gasteiger partial charge is 0.397 e. The Bertz CT molecular complexity index is 1150. The summed E-state index contributed by atoms with van der Waals surface area (Å²) in [5.74, 6) is -3.82. The molecule has 0 aromatic heterocycles. The summed E-state index contributed by atoms with van der Waals surface area (Å²) < 4.78 is 15.6. The molecule has 1 atom stereocenters. The zero-order chi connectivity index (χ0) is 26.8. The van der Waals surface area contributed by atoms with Crippen molar-refractivity contribution in [2.24, 2.45) is 4.99 Å². The van der Waals surface area contributed by atoms with E-state index in [0.717, 1.165) is 15.4 Å². The summed E-state index contributed by atoms with van der Waals surface area (Å²) in [6.07, 6.45) is 0. The Balaban J connectivity index is 2.33. The van der Waals surface area contributed by atoms with Gasteiger partial charge in [-0.3, -0.25) is 9.69 Å². The molecule has 11 heteroatoms. The molecule has 1 unspecified atom stereocenters. The average Bonchev–Trinajstić information content (AvgIpc) is 3.14. The third-order valence-corrected chi connectivity index (χ3v) is 6.31. The van der Waals surface area contributed by atoms with Gasteiger partial charge in [-0.1, -0.05) is 6.07 Å². The molecular weight excluding hydrogens is 486 g/mol. The third-order valence-electron chi connectivity index (χ3n) is 5.30. The molecule has 2 aliphatic heterocycles. The molecule has 2 aliphatic rings. The molecule has 2 heterocycles. The number of nitrogens with zero attached hydrogens (tertiary/aromatic N) is 3. The van der Waals surface area contributed by atoms with Gasteiger partial charge >= 0.3 is 23.8 Å². The molecule has 3 rings (SSSR count). The maximum Gasteiger partial charge on any atom is 0.397 e. The highest BCUT2D eigenvalue weighted by Crippen LogP contribution is 2.47. The second-order valence-electron chi connectivity index (χ2n) is 8.98. The fraction of sp³-hybridized carbons (Fsp3) is 0.480. The third kappa shape index (κ3) is 5.11.